The van der Waals surface area contributed by atoms with E-state index >= 15 is 0 Å². The number of unbranched alkanes of at least 4 members (excludes halogenated alkanes) is 2. The average molecular weight is 423 g/mol. The number of phenols is 1. The number of hydrazone groups is 1. The van der Waals surface area contributed by atoms with Gasteiger partial charge in [0, 0.05) is 24.5 Å². The molecule has 0 saturated carbocycles. The minimum absolute atomic E-state index is 0.0448. The predicted molar refractivity (Wildman–Crippen MR) is 120 cm³/mol. The van der Waals surface area contributed by atoms with Crippen molar-refractivity contribution in [2.45, 2.75) is 39.5 Å². The summed E-state index contributed by atoms with van der Waals surface area (Å²) in [5.74, 6) is -1.46. The molecule has 2 heterocycles. The number of aromatic hydroxyl groups is 1. The Balaban J connectivity index is 1.93. The van der Waals surface area contributed by atoms with Crippen LogP contribution in [0, 0.1) is 5.92 Å². The first-order valence-electron chi connectivity index (χ1n) is 10.9. The lowest BCUT2D eigenvalue weighted by atomic mass is 9.95. The summed E-state index contributed by atoms with van der Waals surface area (Å²) in [4.78, 5) is 32.6. The number of nitrogens with zero attached hydrogens (tertiary/aromatic N) is 4. The highest BCUT2D eigenvalue weighted by molar-refractivity contribution is 6.22. The second kappa shape index (κ2) is 10.8. The van der Waals surface area contributed by atoms with E-state index in [0.717, 1.165) is 43.8 Å². The largest absolute Gasteiger partial charge is 0.507 e. The molecule has 1 aliphatic heterocycles. The number of imide groups is 1. The van der Waals surface area contributed by atoms with Gasteiger partial charge in [-0.15, -0.1) is 0 Å². The molecule has 1 N–H and O–H groups in total. The van der Waals surface area contributed by atoms with Gasteiger partial charge in [0.1, 0.15) is 5.75 Å². The summed E-state index contributed by atoms with van der Waals surface area (Å²) in [6.07, 6.45) is 7.19. The third-order valence-electron chi connectivity index (χ3n) is 5.42. The Bertz CT molecular complexity index is 921. The van der Waals surface area contributed by atoms with Crippen molar-refractivity contribution in [2.24, 2.45) is 11.0 Å². The smallest absolute Gasteiger partial charge is 0.282 e. The first-order chi connectivity index (χ1) is 15.1. The summed E-state index contributed by atoms with van der Waals surface area (Å²) in [5, 5.41) is 15.8. The van der Waals surface area contributed by atoms with E-state index in [4.69, 9.17) is 0 Å². The molecule has 164 valence electrons. The maximum absolute atomic E-state index is 13.4. The number of phenolic OH excluding ortho intramolecular Hbond substituents is 1. The van der Waals surface area contributed by atoms with Crippen LogP contribution < -0.4 is 0 Å². The van der Waals surface area contributed by atoms with Gasteiger partial charge in [-0.25, -0.2) is 0 Å². The van der Waals surface area contributed by atoms with Gasteiger partial charge >= 0.3 is 0 Å². The molecule has 0 spiro atoms. The Morgan fingerprint density at radius 3 is 2.42 bits per heavy atom. The monoisotopic (exact) mass is 422 g/mol. The van der Waals surface area contributed by atoms with E-state index in [1.165, 1.54) is 6.20 Å². The molecule has 0 unspecified atom stereocenters. The minimum atomic E-state index is -0.623. The Morgan fingerprint density at radius 1 is 1.10 bits per heavy atom. The van der Waals surface area contributed by atoms with Gasteiger partial charge in [-0.1, -0.05) is 38.8 Å². The minimum Gasteiger partial charge on any atom is -0.507 e. The zero-order valence-corrected chi connectivity index (χ0v) is 18.2. The molecule has 0 fully saturated rings. The van der Waals surface area contributed by atoms with Crippen LogP contribution in [0.25, 0.3) is 0 Å². The number of rotatable bonds is 10. The predicted octanol–water partition coefficient (Wildman–Crippen LogP) is 3.69. The summed E-state index contributed by atoms with van der Waals surface area (Å²) >= 11 is 0. The highest BCUT2D eigenvalue weighted by Gasteiger charge is 2.41. The number of amides is 2. The van der Waals surface area contributed by atoms with Crippen LogP contribution in [-0.4, -0.2) is 57.2 Å². The van der Waals surface area contributed by atoms with Crippen molar-refractivity contribution in [3.05, 3.63) is 59.9 Å². The number of carbonyl (C=O) groups is 2. The highest BCUT2D eigenvalue weighted by atomic mass is 16.3. The molecule has 7 heteroatoms. The van der Waals surface area contributed by atoms with Gasteiger partial charge in [0.15, 0.2) is 0 Å². The lowest BCUT2D eigenvalue weighted by Gasteiger charge is -2.25. The molecule has 31 heavy (non-hydrogen) atoms. The maximum atomic E-state index is 13.4. The quantitative estimate of drug-likeness (QED) is 0.590. The molecule has 1 aromatic heterocycles. The molecule has 0 aliphatic carbocycles. The number of hydrogen-bond donors (Lipinski definition) is 1. The fraction of sp³-hybridized carbons (Fsp3) is 0.417. The van der Waals surface area contributed by atoms with Crippen molar-refractivity contribution in [1.29, 1.82) is 0 Å². The van der Waals surface area contributed by atoms with Crippen molar-refractivity contribution in [3.63, 3.8) is 0 Å². The SMILES string of the molecule is CCCCN(CCCC)C[C@H]1C(=O)N(C(=O)c2cccnc2)N=C1c1ccccc1O. The third kappa shape index (κ3) is 5.35. The van der Waals surface area contributed by atoms with Crippen LogP contribution in [0.3, 0.4) is 0 Å². The Morgan fingerprint density at radius 2 is 1.81 bits per heavy atom. The summed E-state index contributed by atoms with van der Waals surface area (Å²) < 4.78 is 0. The zero-order chi connectivity index (χ0) is 22.2. The normalized spacial score (nSPS) is 16.1. The maximum Gasteiger partial charge on any atom is 0.282 e. The summed E-state index contributed by atoms with van der Waals surface area (Å²) in [6, 6.07) is 10.1. The van der Waals surface area contributed by atoms with Gasteiger partial charge in [0.2, 0.25) is 0 Å². The van der Waals surface area contributed by atoms with Gasteiger partial charge in [-0.3, -0.25) is 14.6 Å². The van der Waals surface area contributed by atoms with Crippen molar-refractivity contribution in [3.8, 4) is 5.75 Å². The van der Waals surface area contributed by atoms with E-state index in [-0.39, 0.29) is 11.7 Å². The summed E-state index contributed by atoms with van der Waals surface area (Å²) in [5.41, 5.74) is 1.21. The molecule has 2 aromatic rings. The number of hydrogen-bond acceptors (Lipinski definition) is 6. The number of pyridine rings is 1. The van der Waals surface area contributed by atoms with Crippen molar-refractivity contribution >= 4 is 17.5 Å². The number of para-hydroxylation sites is 1. The lowest BCUT2D eigenvalue weighted by Crippen LogP contribution is -2.40. The van der Waals surface area contributed by atoms with E-state index in [1.54, 1.807) is 42.6 Å². The zero-order valence-electron chi connectivity index (χ0n) is 18.2. The van der Waals surface area contributed by atoms with Crippen LogP contribution >= 0.6 is 0 Å². The van der Waals surface area contributed by atoms with E-state index < -0.39 is 11.8 Å². The van der Waals surface area contributed by atoms with Crippen LogP contribution in [0.1, 0.15) is 55.5 Å². The third-order valence-corrected chi connectivity index (χ3v) is 5.42. The van der Waals surface area contributed by atoms with Gasteiger partial charge in [-0.05, 0) is 50.2 Å². The molecule has 7 nitrogen and oxygen atoms in total. The number of aromatic nitrogens is 1. The van der Waals surface area contributed by atoms with E-state index in [9.17, 15) is 14.7 Å². The molecule has 1 aromatic carbocycles. The molecular formula is C24H30N4O3. The van der Waals surface area contributed by atoms with Crippen LogP contribution in [-0.2, 0) is 4.79 Å². The van der Waals surface area contributed by atoms with Crippen LogP contribution in [0.15, 0.2) is 53.9 Å². The van der Waals surface area contributed by atoms with Crippen LogP contribution in [0.5, 0.6) is 5.75 Å². The molecule has 1 aliphatic rings. The fourth-order valence-electron chi connectivity index (χ4n) is 3.66. The van der Waals surface area contributed by atoms with Crippen LogP contribution in [0.2, 0.25) is 0 Å². The van der Waals surface area contributed by atoms with E-state index in [2.05, 4.69) is 28.8 Å². The van der Waals surface area contributed by atoms with Crippen molar-refractivity contribution < 1.29 is 14.7 Å². The Hall–Kier alpha value is -3.06. The average Bonchev–Trinajstić information content (AvgIpc) is 3.11. The lowest BCUT2D eigenvalue weighted by molar-refractivity contribution is -0.129. The van der Waals surface area contributed by atoms with Crippen molar-refractivity contribution in [1.82, 2.24) is 14.9 Å². The number of benzene rings is 1. The molecule has 1 atom stereocenters. The molecular weight excluding hydrogens is 392 g/mol. The Labute approximate surface area is 183 Å². The van der Waals surface area contributed by atoms with Crippen LogP contribution in [0.4, 0.5) is 0 Å². The molecule has 0 saturated heterocycles. The first-order valence-corrected chi connectivity index (χ1v) is 10.9. The first kappa shape index (κ1) is 22.6. The van der Waals surface area contributed by atoms with Gasteiger partial charge in [0.25, 0.3) is 11.8 Å². The van der Waals surface area contributed by atoms with E-state index in [1.807, 2.05) is 0 Å². The van der Waals surface area contributed by atoms with Gasteiger partial charge < -0.3 is 10.0 Å². The highest BCUT2D eigenvalue weighted by Crippen LogP contribution is 2.28. The second-order valence-electron chi connectivity index (χ2n) is 7.76. The molecule has 0 bridgehead atoms. The molecule has 3 rings (SSSR count). The number of carbonyl (C=O) groups excluding carboxylic acids is 2. The second-order valence-corrected chi connectivity index (χ2v) is 7.76. The molecule has 0 radical (unpaired) electrons. The van der Waals surface area contributed by atoms with Gasteiger partial charge in [-0.2, -0.15) is 10.1 Å². The summed E-state index contributed by atoms with van der Waals surface area (Å²) in [6.45, 7) is 6.50. The van der Waals surface area contributed by atoms with Crippen molar-refractivity contribution in [2.75, 3.05) is 19.6 Å². The topological polar surface area (TPSA) is 86.1 Å². The molecule has 2 amide bonds. The van der Waals surface area contributed by atoms with E-state index in [0.29, 0.717) is 23.4 Å². The summed E-state index contributed by atoms with van der Waals surface area (Å²) in [7, 11) is 0. The van der Waals surface area contributed by atoms with Gasteiger partial charge in [0.05, 0.1) is 17.2 Å². The Kier molecular flexibility index (Phi) is 7.89. The standard InChI is InChI=1S/C24H30N4O3/c1-3-5-14-27(15-6-4-2)17-20-22(19-11-7-8-12-21(19)29)26-28(24(20)31)23(30)18-10-9-13-25-16-18/h7-13,16,20,29H,3-6,14-15,17H2,1-2H3/t20-/m1/s1. The fourth-order valence-corrected chi connectivity index (χ4v) is 3.66.